The molecule has 2 aliphatic heterocycles. The number of rotatable bonds is 2. The lowest BCUT2D eigenvalue weighted by atomic mass is 10.1. The number of hydrogen-bond acceptors (Lipinski definition) is 5. The normalized spacial score (nSPS) is 33.5. The van der Waals surface area contributed by atoms with Crippen LogP contribution in [0.5, 0.6) is 0 Å². The summed E-state index contributed by atoms with van der Waals surface area (Å²) in [5, 5.41) is 5.46. The van der Waals surface area contributed by atoms with Crippen molar-refractivity contribution < 1.29 is 13.2 Å². The zero-order valence-electron chi connectivity index (χ0n) is 11.6. The molecule has 1 aromatic rings. The molecule has 1 aliphatic carbocycles. The fourth-order valence-electron chi connectivity index (χ4n) is 3.49. The molecule has 2 saturated heterocycles. The lowest BCUT2D eigenvalue weighted by Gasteiger charge is -2.34. The number of thiophene rings is 1. The first-order chi connectivity index (χ1) is 10.0. The van der Waals surface area contributed by atoms with E-state index in [2.05, 4.69) is 5.32 Å². The Balaban J connectivity index is 1.68. The Hall–Kier alpha value is -0.920. The van der Waals surface area contributed by atoms with Gasteiger partial charge in [-0.05, 0) is 37.1 Å². The third kappa shape index (κ3) is 2.22. The first kappa shape index (κ1) is 13.7. The van der Waals surface area contributed by atoms with E-state index in [4.69, 9.17) is 0 Å². The van der Waals surface area contributed by atoms with Crippen LogP contribution >= 0.6 is 11.3 Å². The van der Waals surface area contributed by atoms with Crippen molar-refractivity contribution in [1.82, 2.24) is 10.2 Å². The molecule has 5 nitrogen and oxygen atoms in total. The molecule has 1 aromatic heterocycles. The standard InChI is InChI=1S/C14H18N2O3S2/c17-13-14(5-6-14)15-12(11-4-1-7-20-11)16(13)10-3-2-8-21(18,19)9-10/h1,4,7,10,12,15H,2-3,5-6,8-9H2. The van der Waals surface area contributed by atoms with Gasteiger partial charge in [0.25, 0.3) is 0 Å². The van der Waals surface area contributed by atoms with Crippen LogP contribution in [0.25, 0.3) is 0 Å². The fourth-order valence-corrected chi connectivity index (χ4v) is 5.95. The number of nitrogens with one attached hydrogen (secondary N) is 1. The van der Waals surface area contributed by atoms with Gasteiger partial charge in [0.15, 0.2) is 9.84 Å². The molecule has 3 aliphatic rings. The maximum Gasteiger partial charge on any atom is 0.244 e. The highest BCUT2D eigenvalue weighted by Gasteiger charge is 2.61. The van der Waals surface area contributed by atoms with Gasteiger partial charge in [-0.3, -0.25) is 10.1 Å². The first-order valence-electron chi connectivity index (χ1n) is 7.35. The topological polar surface area (TPSA) is 66.5 Å². The van der Waals surface area contributed by atoms with Crippen LogP contribution in [0, 0.1) is 0 Å². The van der Waals surface area contributed by atoms with E-state index in [0.29, 0.717) is 6.42 Å². The van der Waals surface area contributed by atoms with Gasteiger partial charge in [-0.1, -0.05) is 6.07 Å². The van der Waals surface area contributed by atoms with Gasteiger partial charge in [0.05, 0.1) is 11.5 Å². The van der Waals surface area contributed by atoms with Crippen molar-refractivity contribution in [2.24, 2.45) is 0 Å². The number of sulfone groups is 1. The molecule has 114 valence electrons. The molecule has 21 heavy (non-hydrogen) atoms. The predicted octanol–water partition coefficient (Wildman–Crippen LogP) is 1.29. The summed E-state index contributed by atoms with van der Waals surface area (Å²) in [5.74, 6) is 0.467. The predicted molar refractivity (Wildman–Crippen MR) is 80.7 cm³/mol. The third-order valence-electron chi connectivity index (χ3n) is 4.73. The second-order valence-electron chi connectivity index (χ2n) is 6.27. The van der Waals surface area contributed by atoms with E-state index in [9.17, 15) is 13.2 Å². The van der Waals surface area contributed by atoms with Crippen LogP contribution in [-0.2, 0) is 14.6 Å². The van der Waals surface area contributed by atoms with Gasteiger partial charge < -0.3 is 4.90 Å². The third-order valence-corrected chi connectivity index (χ3v) is 7.46. The van der Waals surface area contributed by atoms with Gasteiger partial charge in [-0.25, -0.2) is 8.42 Å². The van der Waals surface area contributed by atoms with Crippen LogP contribution in [0.4, 0.5) is 0 Å². The van der Waals surface area contributed by atoms with Crippen molar-refractivity contribution in [3.63, 3.8) is 0 Å². The van der Waals surface area contributed by atoms with Crippen LogP contribution in [0.3, 0.4) is 0 Å². The maximum atomic E-state index is 12.8. The molecule has 1 spiro atoms. The Morgan fingerprint density at radius 2 is 2.19 bits per heavy atom. The van der Waals surface area contributed by atoms with Crippen LogP contribution in [-0.4, -0.2) is 42.3 Å². The summed E-state index contributed by atoms with van der Waals surface area (Å²) < 4.78 is 23.9. The second-order valence-corrected chi connectivity index (χ2v) is 9.48. The fraction of sp³-hybridized carbons (Fsp3) is 0.643. The number of nitrogens with zero attached hydrogens (tertiary/aromatic N) is 1. The summed E-state index contributed by atoms with van der Waals surface area (Å²) in [5.41, 5.74) is -0.407. The molecule has 1 saturated carbocycles. The molecule has 2 atom stereocenters. The average molecular weight is 326 g/mol. The zero-order valence-corrected chi connectivity index (χ0v) is 13.3. The quantitative estimate of drug-likeness (QED) is 0.889. The minimum Gasteiger partial charge on any atom is -0.316 e. The van der Waals surface area contributed by atoms with Gasteiger partial charge in [0.1, 0.15) is 11.7 Å². The van der Waals surface area contributed by atoms with Crippen LogP contribution < -0.4 is 5.32 Å². The highest BCUT2D eigenvalue weighted by Crippen LogP contribution is 2.48. The molecule has 3 heterocycles. The molecule has 2 unspecified atom stereocenters. The lowest BCUT2D eigenvalue weighted by molar-refractivity contribution is -0.132. The van der Waals surface area contributed by atoms with Gasteiger partial charge in [0, 0.05) is 10.9 Å². The monoisotopic (exact) mass is 326 g/mol. The molecule has 1 N–H and O–H groups in total. The average Bonchev–Trinajstić information content (AvgIpc) is 2.90. The molecule has 4 rings (SSSR count). The molecule has 3 fully saturated rings. The van der Waals surface area contributed by atoms with Crippen LogP contribution in [0.1, 0.15) is 36.7 Å². The van der Waals surface area contributed by atoms with E-state index in [1.807, 2.05) is 22.4 Å². The Kier molecular flexibility index (Phi) is 2.96. The summed E-state index contributed by atoms with van der Waals surface area (Å²) in [6, 6.07) is 3.80. The number of carbonyl (C=O) groups is 1. The molecule has 0 bridgehead atoms. The van der Waals surface area contributed by atoms with Gasteiger partial charge in [-0.2, -0.15) is 0 Å². The Morgan fingerprint density at radius 3 is 2.81 bits per heavy atom. The Morgan fingerprint density at radius 1 is 1.38 bits per heavy atom. The van der Waals surface area contributed by atoms with Crippen molar-refractivity contribution in [2.75, 3.05) is 11.5 Å². The second kappa shape index (κ2) is 4.54. The summed E-state index contributed by atoms with van der Waals surface area (Å²) in [6.07, 6.45) is 3.01. The Bertz CT molecular complexity index is 664. The van der Waals surface area contributed by atoms with E-state index >= 15 is 0 Å². The lowest BCUT2D eigenvalue weighted by Crippen LogP contribution is -2.46. The number of carbonyl (C=O) groups excluding carboxylic acids is 1. The summed E-state index contributed by atoms with van der Waals surface area (Å²) >= 11 is 1.61. The van der Waals surface area contributed by atoms with Crippen molar-refractivity contribution in [3.05, 3.63) is 22.4 Å². The van der Waals surface area contributed by atoms with E-state index in [1.54, 1.807) is 11.3 Å². The minimum absolute atomic E-state index is 0.100. The summed E-state index contributed by atoms with van der Waals surface area (Å²) in [6.45, 7) is 0. The molecule has 0 radical (unpaired) electrons. The van der Waals surface area contributed by atoms with Crippen molar-refractivity contribution in [2.45, 2.75) is 43.4 Å². The van der Waals surface area contributed by atoms with Gasteiger partial charge in [-0.15, -0.1) is 11.3 Å². The van der Waals surface area contributed by atoms with E-state index in [0.717, 1.165) is 24.1 Å². The minimum atomic E-state index is -3.02. The summed E-state index contributed by atoms with van der Waals surface area (Å²) in [4.78, 5) is 15.7. The van der Waals surface area contributed by atoms with Crippen molar-refractivity contribution in [3.8, 4) is 0 Å². The van der Waals surface area contributed by atoms with E-state index in [1.165, 1.54) is 0 Å². The SMILES string of the molecule is O=C1N(C2CCCS(=O)(=O)C2)C(c2cccs2)NC12CC2. The molecule has 7 heteroatoms. The molecule has 1 amide bonds. The molecule has 0 aromatic carbocycles. The van der Waals surface area contributed by atoms with E-state index in [-0.39, 0.29) is 29.6 Å². The molecular formula is C14H18N2O3S2. The van der Waals surface area contributed by atoms with Gasteiger partial charge >= 0.3 is 0 Å². The van der Waals surface area contributed by atoms with Crippen LogP contribution in [0.15, 0.2) is 17.5 Å². The summed E-state index contributed by atoms with van der Waals surface area (Å²) in [7, 11) is -3.02. The maximum absolute atomic E-state index is 12.8. The smallest absolute Gasteiger partial charge is 0.244 e. The number of hydrogen-bond donors (Lipinski definition) is 1. The Labute approximate surface area is 128 Å². The number of amides is 1. The van der Waals surface area contributed by atoms with Gasteiger partial charge in [0.2, 0.25) is 5.91 Å². The first-order valence-corrected chi connectivity index (χ1v) is 10.1. The van der Waals surface area contributed by atoms with Crippen molar-refractivity contribution in [1.29, 1.82) is 0 Å². The van der Waals surface area contributed by atoms with E-state index < -0.39 is 15.4 Å². The van der Waals surface area contributed by atoms with Crippen molar-refractivity contribution >= 4 is 27.1 Å². The largest absolute Gasteiger partial charge is 0.316 e. The van der Waals surface area contributed by atoms with Crippen LogP contribution in [0.2, 0.25) is 0 Å². The highest BCUT2D eigenvalue weighted by atomic mass is 32.2. The highest BCUT2D eigenvalue weighted by molar-refractivity contribution is 7.91. The zero-order chi connectivity index (χ0) is 14.7. The molecular weight excluding hydrogens is 308 g/mol.